The number of aromatic nitrogens is 4. The van der Waals surface area contributed by atoms with Crippen molar-refractivity contribution in [1.82, 2.24) is 19.1 Å². The Morgan fingerprint density at radius 3 is 2.11 bits per heavy atom. The van der Waals surface area contributed by atoms with Crippen molar-refractivity contribution >= 4 is 22.7 Å². The van der Waals surface area contributed by atoms with Crippen molar-refractivity contribution in [3.63, 3.8) is 0 Å². The second-order valence-corrected chi connectivity index (χ2v) is 9.73. The van der Waals surface area contributed by atoms with Crippen molar-refractivity contribution in [2.45, 2.75) is 18.7 Å². The normalized spacial score (nSPS) is 11.3. The van der Waals surface area contributed by atoms with E-state index in [9.17, 15) is 9.59 Å². The van der Waals surface area contributed by atoms with E-state index in [2.05, 4.69) is 34.2 Å². The zero-order valence-electron chi connectivity index (χ0n) is 20.3. The molecule has 0 radical (unpaired) electrons. The Kier molecular flexibility index (Phi) is 5.73. The van der Waals surface area contributed by atoms with Crippen LogP contribution in [0, 0.1) is 13.8 Å². The predicted octanol–water partition coefficient (Wildman–Crippen LogP) is 5.30. The lowest BCUT2D eigenvalue weighted by molar-refractivity contribution is 0.860. The van der Waals surface area contributed by atoms with Gasteiger partial charge >= 0.3 is 0 Å². The molecule has 0 saturated carbocycles. The fourth-order valence-electron chi connectivity index (χ4n) is 4.55. The van der Waals surface area contributed by atoms with Crippen LogP contribution < -0.4 is 11.1 Å². The van der Waals surface area contributed by atoms with Gasteiger partial charge < -0.3 is 14.1 Å². The molecular weight excluding hydrogens is 456 g/mol. The molecule has 0 amide bonds. The molecule has 5 rings (SSSR count). The minimum absolute atomic E-state index is 0.109. The first-order valence-corrected chi connectivity index (χ1v) is 12.5. The molecular formula is C28H26N4O2S. The van der Waals surface area contributed by atoms with Crippen molar-refractivity contribution in [2.24, 2.45) is 14.1 Å². The first kappa shape index (κ1) is 22.9. The number of hydrogen-bond donors (Lipinski definition) is 1. The zero-order valence-corrected chi connectivity index (χ0v) is 21.2. The molecule has 0 bridgehead atoms. The number of fused-ring (bicyclic) bond motifs is 1. The standard InChI is InChI=1S/C28H26N4O2S/c1-16-10-19(11-17(2)29-16)25-12-22-24(15-32(4)28(34)27(22)30-25)21-13-26(33)31(3)14-23(21)18-6-8-20(35-5)9-7-18/h6-15,30H,1-5H3. The van der Waals surface area contributed by atoms with Crippen LogP contribution >= 0.6 is 11.8 Å². The molecule has 0 unspecified atom stereocenters. The van der Waals surface area contributed by atoms with Crippen LogP contribution in [0.15, 0.2) is 75.4 Å². The van der Waals surface area contributed by atoms with Gasteiger partial charge in [0.2, 0.25) is 0 Å². The smallest absolute Gasteiger partial charge is 0.274 e. The largest absolute Gasteiger partial charge is 0.350 e. The Morgan fingerprint density at radius 2 is 1.46 bits per heavy atom. The summed E-state index contributed by atoms with van der Waals surface area (Å²) in [4.78, 5) is 34.8. The van der Waals surface area contributed by atoms with Gasteiger partial charge in [0.15, 0.2) is 0 Å². The number of nitrogens with one attached hydrogen (secondary N) is 1. The van der Waals surface area contributed by atoms with Crippen LogP contribution in [0.3, 0.4) is 0 Å². The molecule has 4 heterocycles. The molecule has 0 fully saturated rings. The van der Waals surface area contributed by atoms with Gasteiger partial charge in [0.1, 0.15) is 5.52 Å². The zero-order chi connectivity index (χ0) is 24.9. The van der Waals surface area contributed by atoms with Crippen molar-refractivity contribution in [2.75, 3.05) is 6.26 Å². The van der Waals surface area contributed by atoms with Gasteiger partial charge in [-0.25, -0.2) is 0 Å². The molecule has 6 nitrogen and oxygen atoms in total. The summed E-state index contributed by atoms with van der Waals surface area (Å²) in [5.74, 6) is 0. The predicted molar refractivity (Wildman–Crippen MR) is 144 cm³/mol. The van der Waals surface area contributed by atoms with E-state index >= 15 is 0 Å². The highest BCUT2D eigenvalue weighted by Crippen LogP contribution is 2.36. The average molecular weight is 483 g/mol. The van der Waals surface area contributed by atoms with Gasteiger partial charge in [-0.15, -0.1) is 11.8 Å². The fourth-order valence-corrected chi connectivity index (χ4v) is 4.96. The third-order valence-corrected chi connectivity index (χ3v) is 7.02. The van der Waals surface area contributed by atoms with Gasteiger partial charge in [0.05, 0.1) is 0 Å². The number of hydrogen-bond acceptors (Lipinski definition) is 4. The van der Waals surface area contributed by atoms with E-state index in [1.54, 1.807) is 41.1 Å². The number of nitrogens with zero attached hydrogens (tertiary/aromatic N) is 3. The molecule has 176 valence electrons. The number of H-pyrrole nitrogens is 1. The Morgan fingerprint density at radius 1 is 0.800 bits per heavy atom. The Bertz CT molecular complexity index is 1690. The maximum Gasteiger partial charge on any atom is 0.274 e. The number of thioether (sulfide) groups is 1. The summed E-state index contributed by atoms with van der Waals surface area (Å²) < 4.78 is 3.16. The lowest BCUT2D eigenvalue weighted by atomic mass is 9.95. The lowest BCUT2D eigenvalue weighted by Crippen LogP contribution is -2.18. The Labute approximate surface area is 207 Å². The monoisotopic (exact) mass is 482 g/mol. The number of aromatic amines is 1. The number of benzene rings is 1. The van der Waals surface area contributed by atoms with Crippen LogP contribution in [0.25, 0.3) is 44.4 Å². The second kappa shape index (κ2) is 8.74. The summed E-state index contributed by atoms with van der Waals surface area (Å²) in [6.07, 6.45) is 5.73. The van der Waals surface area contributed by atoms with Crippen LogP contribution in [0.4, 0.5) is 0 Å². The lowest BCUT2D eigenvalue weighted by Gasteiger charge is -2.14. The van der Waals surface area contributed by atoms with Crippen molar-refractivity contribution in [3.8, 4) is 33.5 Å². The van der Waals surface area contributed by atoms with E-state index in [-0.39, 0.29) is 11.1 Å². The summed E-state index contributed by atoms with van der Waals surface area (Å²) in [6, 6.07) is 15.9. The molecule has 0 aliphatic heterocycles. The minimum Gasteiger partial charge on any atom is -0.350 e. The summed E-state index contributed by atoms with van der Waals surface area (Å²) >= 11 is 1.69. The summed E-state index contributed by atoms with van der Waals surface area (Å²) in [7, 11) is 3.49. The molecule has 7 heteroatoms. The molecule has 35 heavy (non-hydrogen) atoms. The van der Waals surface area contributed by atoms with Gasteiger partial charge in [0, 0.05) is 76.6 Å². The van der Waals surface area contributed by atoms with Crippen LogP contribution in [-0.2, 0) is 14.1 Å². The molecule has 5 aromatic rings. The molecule has 4 aromatic heterocycles. The molecule has 0 aliphatic carbocycles. The van der Waals surface area contributed by atoms with Crippen molar-refractivity contribution in [3.05, 3.63) is 93.0 Å². The highest BCUT2D eigenvalue weighted by Gasteiger charge is 2.18. The Balaban J connectivity index is 1.81. The topological polar surface area (TPSA) is 72.7 Å². The van der Waals surface area contributed by atoms with Crippen LogP contribution in [0.1, 0.15) is 11.4 Å². The quantitative estimate of drug-likeness (QED) is 0.353. The van der Waals surface area contributed by atoms with Gasteiger partial charge in [-0.2, -0.15) is 0 Å². The van der Waals surface area contributed by atoms with E-state index in [0.717, 1.165) is 50.3 Å². The van der Waals surface area contributed by atoms with Crippen LogP contribution in [0.2, 0.25) is 0 Å². The number of aryl methyl sites for hydroxylation is 4. The average Bonchev–Trinajstić information content (AvgIpc) is 3.28. The van der Waals surface area contributed by atoms with Crippen molar-refractivity contribution in [1.29, 1.82) is 0 Å². The van der Waals surface area contributed by atoms with Gasteiger partial charge in [-0.1, -0.05) is 12.1 Å². The first-order chi connectivity index (χ1) is 16.7. The van der Waals surface area contributed by atoms with E-state index in [4.69, 9.17) is 0 Å². The minimum atomic E-state index is -0.118. The van der Waals surface area contributed by atoms with E-state index < -0.39 is 0 Å². The Hall–Kier alpha value is -3.84. The second-order valence-electron chi connectivity index (χ2n) is 8.85. The van der Waals surface area contributed by atoms with Crippen LogP contribution in [-0.4, -0.2) is 25.4 Å². The highest BCUT2D eigenvalue weighted by atomic mass is 32.2. The maximum absolute atomic E-state index is 13.1. The van der Waals surface area contributed by atoms with Gasteiger partial charge in [0.25, 0.3) is 11.1 Å². The molecule has 1 aromatic carbocycles. The first-order valence-electron chi connectivity index (χ1n) is 11.3. The highest BCUT2D eigenvalue weighted by molar-refractivity contribution is 7.98. The number of rotatable bonds is 4. The third kappa shape index (κ3) is 4.12. The summed E-state index contributed by atoms with van der Waals surface area (Å²) in [6.45, 7) is 3.91. The van der Waals surface area contributed by atoms with Crippen LogP contribution in [0.5, 0.6) is 0 Å². The number of pyridine rings is 3. The third-order valence-electron chi connectivity index (χ3n) is 6.28. The van der Waals surface area contributed by atoms with Crippen molar-refractivity contribution < 1.29 is 0 Å². The molecule has 0 atom stereocenters. The molecule has 0 spiro atoms. The molecule has 1 N–H and O–H groups in total. The SMILES string of the molecule is CSc1ccc(-c2cn(C)c(=O)cc2-c2cn(C)c(=O)c3[nH]c(-c4cc(C)nc(C)c4)cc23)cc1. The van der Waals surface area contributed by atoms with E-state index in [1.807, 2.05) is 50.7 Å². The maximum atomic E-state index is 13.1. The summed E-state index contributed by atoms with van der Waals surface area (Å²) in [5, 5.41) is 0.783. The molecule has 0 aliphatic rings. The van der Waals surface area contributed by atoms with Gasteiger partial charge in [-0.05, 0) is 61.6 Å². The van der Waals surface area contributed by atoms with Gasteiger partial charge in [-0.3, -0.25) is 14.6 Å². The van der Waals surface area contributed by atoms with E-state index in [1.165, 1.54) is 4.90 Å². The molecule has 0 saturated heterocycles. The van der Waals surface area contributed by atoms with E-state index in [0.29, 0.717) is 5.52 Å². The fraction of sp³-hybridized carbons (Fsp3) is 0.179. The summed E-state index contributed by atoms with van der Waals surface area (Å²) in [5.41, 5.74) is 7.47.